The first kappa shape index (κ1) is 14.1. The van der Waals surface area contributed by atoms with Gasteiger partial charge in [0.1, 0.15) is 0 Å². The number of thioether (sulfide) groups is 1. The highest BCUT2D eigenvalue weighted by Gasteiger charge is 2.08. The monoisotopic (exact) mass is 337 g/mol. The number of aromatic nitrogens is 1. The maximum absolute atomic E-state index is 11.4. The van der Waals surface area contributed by atoms with Crippen molar-refractivity contribution in [1.29, 1.82) is 0 Å². The van der Waals surface area contributed by atoms with Crippen LogP contribution in [0, 0.1) is 0 Å². The van der Waals surface area contributed by atoms with Crippen LogP contribution in [0.3, 0.4) is 0 Å². The van der Waals surface area contributed by atoms with E-state index < -0.39 is 0 Å². The van der Waals surface area contributed by atoms with Crippen molar-refractivity contribution >= 4 is 33.7 Å². The van der Waals surface area contributed by atoms with Gasteiger partial charge in [0.15, 0.2) is 0 Å². The molecule has 1 aromatic carbocycles. The Morgan fingerprint density at radius 2 is 2.05 bits per heavy atom. The summed E-state index contributed by atoms with van der Waals surface area (Å²) < 4.78 is 5.60. The Morgan fingerprint density at radius 1 is 1.32 bits per heavy atom. The molecule has 0 atom stereocenters. The minimum absolute atomic E-state index is 0.325. The minimum atomic E-state index is -0.325. The third-order valence-electron chi connectivity index (χ3n) is 2.52. The van der Waals surface area contributed by atoms with E-state index in [-0.39, 0.29) is 5.97 Å². The van der Waals surface area contributed by atoms with Crippen LogP contribution in [0.5, 0.6) is 0 Å². The van der Waals surface area contributed by atoms with Crippen molar-refractivity contribution in [3.63, 3.8) is 0 Å². The van der Waals surface area contributed by atoms with Crippen LogP contribution in [-0.2, 0) is 10.5 Å². The molecule has 0 aliphatic heterocycles. The molecule has 2 rings (SSSR count). The lowest BCUT2D eigenvalue weighted by Crippen LogP contribution is -2.01. The summed E-state index contributed by atoms with van der Waals surface area (Å²) in [7, 11) is 1.38. The molecule has 0 fully saturated rings. The predicted octanol–water partition coefficient (Wildman–Crippen LogP) is 3.92. The summed E-state index contributed by atoms with van der Waals surface area (Å²) in [5.41, 5.74) is 1.68. The second-order valence-electron chi connectivity index (χ2n) is 3.77. The number of nitrogens with zero attached hydrogens (tertiary/aromatic N) is 1. The Bertz CT molecular complexity index is 575. The predicted molar refractivity (Wildman–Crippen MR) is 79.3 cm³/mol. The molecule has 5 heteroatoms. The molecule has 0 radical (unpaired) electrons. The summed E-state index contributed by atoms with van der Waals surface area (Å²) in [6.07, 6.45) is 3.55. The van der Waals surface area contributed by atoms with E-state index in [1.54, 1.807) is 36.3 Å². The molecule has 0 aliphatic carbocycles. The quantitative estimate of drug-likeness (QED) is 0.626. The number of hydrogen-bond donors (Lipinski definition) is 0. The Hall–Kier alpha value is -1.33. The number of hydrogen-bond acceptors (Lipinski definition) is 4. The van der Waals surface area contributed by atoms with Gasteiger partial charge in [-0.25, -0.2) is 4.79 Å². The molecule has 0 N–H and O–H groups in total. The van der Waals surface area contributed by atoms with E-state index in [0.717, 1.165) is 15.8 Å². The average Bonchev–Trinajstić information content (AvgIpc) is 2.46. The summed E-state index contributed by atoms with van der Waals surface area (Å²) >= 11 is 5.21. The summed E-state index contributed by atoms with van der Waals surface area (Å²) in [6.45, 7) is 0. The van der Waals surface area contributed by atoms with Gasteiger partial charge in [-0.1, -0.05) is 22.0 Å². The van der Waals surface area contributed by atoms with E-state index in [9.17, 15) is 4.79 Å². The standard InChI is InChI=1S/C14H12BrNO2S/c1-18-14(17)10-2-3-11(13(15)8-10)9-19-12-4-6-16-7-5-12/h2-8H,9H2,1H3. The molecule has 1 aromatic heterocycles. The number of rotatable bonds is 4. The number of methoxy groups -OCH3 is 1. The van der Waals surface area contributed by atoms with Gasteiger partial charge in [0, 0.05) is 27.5 Å². The summed E-state index contributed by atoms with van der Waals surface area (Å²) in [6, 6.07) is 9.45. The molecule has 2 aromatic rings. The number of benzene rings is 1. The van der Waals surface area contributed by atoms with Crippen LogP contribution < -0.4 is 0 Å². The van der Waals surface area contributed by atoms with Gasteiger partial charge in [-0.05, 0) is 29.8 Å². The fourth-order valence-electron chi connectivity index (χ4n) is 1.50. The molecule has 0 spiro atoms. The van der Waals surface area contributed by atoms with E-state index in [0.29, 0.717) is 5.56 Å². The molecule has 0 bridgehead atoms. The average molecular weight is 338 g/mol. The van der Waals surface area contributed by atoms with Crippen LogP contribution in [0.4, 0.5) is 0 Å². The maximum atomic E-state index is 11.4. The summed E-state index contributed by atoms with van der Waals surface area (Å²) in [4.78, 5) is 16.6. The molecule has 98 valence electrons. The number of carbonyl (C=O) groups is 1. The van der Waals surface area contributed by atoms with E-state index >= 15 is 0 Å². The smallest absolute Gasteiger partial charge is 0.337 e. The van der Waals surface area contributed by atoms with Gasteiger partial charge in [0.05, 0.1) is 12.7 Å². The van der Waals surface area contributed by atoms with Crippen LogP contribution in [0.1, 0.15) is 15.9 Å². The number of esters is 1. The van der Waals surface area contributed by atoms with E-state index in [4.69, 9.17) is 0 Å². The number of carbonyl (C=O) groups excluding carboxylic acids is 1. The normalized spacial score (nSPS) is 10.2. The summed E-state index contributed by atoms with van der Waals surface area (Å²) in [5.74, 6) is 0.500. The van der Waals surface area contributed by atoms with E-state index in [1.165, 1.54) is 12.0 Å². The van der Waals surface area contributed by atoms with Gasteiger partial charge in [-0.15, -0.1) is 11.8 Å². The minimum Gasteiger partial charge on any atom is -0.465 e. The maximum Gasteiger partial charge on any atom is 0.337 e. The first-order valence-corrected chi connectivity index (χ1v) is 7.38. The molecular formula is C14H12BrNO2S. The molecule has 0 amide bonds. The molecule has 0 unspecified atom stereocenters. The van der Waals surface area contributed by atoms with Crippen LogP contribution in [0.15, 0.2) is 52.1 Å². The molecule has 19 heavy (non-hydrogen) atoms. The fourth-order valence-corrected chi connectivity index (χ4v) is 3.10. The fraction of sp³-hybridized carbons (Fsp3) is 0.143. The van der Waals surface area contributed by atoms with Crippen LogP contribution in [0.25, 0.3) is 0 Å². The molecule has 0 saturated heterocycles. The molecule has 3 nitrogen and oxygen atoms in total. The van der Waals surface area contributed by atoms with Gasteiger partial charge in [0.2, 0.25) is 0 Å². The van der Waals surface area contributed by atoms with Gasteiger partial charge < -0.3 is 4.74 Å². The Kier molecular flexibility index (Phi) is 4.99. The largest absolute Gasteiger partial charge is 0.465 e. The Labute approximate surface area is 124 Å². The zero-order chi connectivity index (χ0) is 13.7. The first-order valence-electron chi connectivity index (χ1n) is 5.60. The van der Waals surface area contributed by atoms with Crippen molar-refractivity contribution < 1.29 is 9.53 Å². The third-order valence-corrected chi connectivity index (χ3v) is 4.32. The van der Waals surface area contributed by atoms with Crippen molar-refractivity contribution in [3.8, 4) is 0 Å². The highest BCUT2D eigenvalue weighted by molar-refractivity contribution is 9.10. The Balaban J connectivity index is 2.07. The second-order valence-corrected chi connectivity index (χ2v) is 5.67. The molecule has 1 heterocycles. The number of halogens is 1. The van der Waals surface area contributed by atoms with Crippen LogP contribution >= 0.6 is 27.7 Å². The zero-order valence-electron chi connectivity index (χ0n) is 10.3. The number of pyridine rings is 1. The van der Waals surface area contributed by atoms with Gasteiger partial charge in [-0.2, -0.15) is 0 Å². The lowest BCUT2D eigenvalue weighted by atomic mass is 10.1. The molecule has 0 aliphatic rings. The molecular weight excluding hydrogens is 326 g/mol. The van der Waals surface area contributed by atoms with Gasteiger partial charge in [-0.3, -0.25) is 4.98 Å². The Morgan fingerprint density at radius 3 is 2.68 bits per heavy atom. The van der Waals surface area contributed by atoms with E-state index in [1.807, 2.05) is 18.2 Å². The van der Waals surface area contributed by atoms with Crippen molar-refractivity contribution in [2.45, 2.75) is 10.6 Å². The lowest BCUT2D eigenvalue weighted by molar-refractivity contribution is 0.0600. The second kappa shape index (κ2) is 6.73. The van der Waals surface area contributed by atoms with Crippen molar-refractivity contribution in [2.24, 2.45) is 0 Å². The number of ether oxygens (including phenoxy) is 1. The molecule has 0 saturated carbocycles. The first-order chi connectivity index (χ1) is 9.20. The van der Waals surface area contributed by atoms with E-state index in [2.05, 4.69) is 25.7 Å². The van der Waals surface area contributed by atoms with Gasteiger partial charge >= 0.3 is 5.97 Å². The van der Waals surface area contributed by atoms with Crippen molar-refractivity contribution in [3.05, 3.63) is 58.3 Å². The van der Waals surface area contributed by atoms with Crippen LogP contribution in [-0.4, -0.2) is 18.1 Å². The highest BCUT2D eigenvalue weighted by atomic mass is 79.9. The third kappa shape index (κ3) is 3.81. The highest BCUT2D eigenvalue weighted by Crippen LogP contribution is 2.27. The zero-order valence-corrected chi connectivity index (χ0v) is 12.7. The topological polar surface area (TPSA) is 39.2 Å². The SMILES string of the molecule is COC(=O)c1ccc(CSc2ccncc2)c(Br)c1. The lowest BCUT2D eigenvalue weighted by Gasteiger charge is -2.06. The van der Waals surface area contributed by atoms with Gasteiger partial charge in [0.25, 0.3) is 0 Å². The summed E-state index contributed by atoms with van der Waals surface area (Å²) in [5, 5.41) is 0. The van der Waals surface area contributed by atoms with Crippen LogP contribution in [0.2, 0.25) is 0 Å². The van der Waals surface area contributed by atoms with Crippen molar-refractivity contribution in [1.82, 2.24) is 4.98 Å². The van der Waals surface area contributed by atoms with Crippen molar-refractivity contribution in [2.75, 3.05) is 7.11 Å².